The zero-order valence-corrected chi connectivity index (χ0v) is 16.1. The molecule has 0 radical (unpaired) electrons. The first-order valence-electron chi connectivity index (χ1n) is 8.60. The minimum Gasteiger partial charge on any atom is -0.354 e. The van der Waals surface area contributed by atoms with Crippen LogP contribution in [0.4, 0.5) is 0 Å². The molecule has 0 bridgehead atoms. The summed E-state index contributed by atoms with van der Waals surface area (Å²) < 4.78 is 1.83. The molecule has 0 aliphatic carbocycles. The molecule has 2 unspecified atom stereocenters. The van der Waals surface area contributed by atoms with E-state index in [1.165, 1.54) is 16.7 Å². The Bertz CT molecular complexity index is 703. The molecule has 1 aromatic heterocycles. The van der Waals surface area contributed by atoms with Gasteiger partial charge in [0.1, 0.15) is 0 Å². The maximum absolute atomic E-state index is 4.37. The zero-order chi connectivity index (χ0) is 18.4. The fraction of sp³-hybridized carbons (Fsp3) is 0.474. The summed E-state index contributed by atoms with van der Waals surface area (Å²) in [4.78, 5) is 6.55. The van der Waals surface area contributed by atoms with E-state index in [9.17, 15) is 0 Å². The van der Waals surface area contributed by atoms with Crippen LogP contribution in [0.15, 0.2) is 41.7 Å². The van der Waals surface area contributed by atoms with E-state index in [-0.39, 0.29) is 12.1 Å². The van der Waals surface area contributed by atoms with E-state index in [1.807, 2.05) is 17.9 Å². The SMILES string of the molecule is CN=C(NCC(c1cnn(C)c1)N(C)C)NC(C)c1ccccc1C. The average Bonchev–Trinajstić information content (AvgIpc) is 3.00. The standard InChI is InChI=1S/C19H30N6/c1-14-9-7-8-10-17(14)15(2)23-19(20-3)21-12-18(24(4)5)16-11-22-25(6)13-16/h7-11,13,15,18H,12H2,1-6H3,(H2,20,21,23). The van der Waals surface area contributed by atoms with Crippen LogP contribution in [0.1, 0.15) is 35.7 Å². The van der Waals surface area contributed by atoms with E-state index >= 15 is 0 Å². The molecule has 2 N–H and O–H groups in total. The molecule has 2 atom stereocenters. The van der Waals surface area contributed by atoms with Gasteiger partial charge < -0.3 is 15.5 Å². The number of hydrogen-bond donors (Lipinski definition) is 2. The average molecular weight is 342 g/mol. The number of guanidine groups is 1. The fourth-order valence-corrected chi connectivity index (χ4v) is 2.95. The second-order valence-corrected chi connectivity index (χ2v) is 6.60. The van der Waals surface area contributed by atoms with Gasteiger partial charge >= 0.3 is 0 Å². The Morgan fingerprint density at radius 2 is 2.04 bits per heavy atom. The first kappa shape index (κ1) is 19.0. The first-order chi connectivity index (χ1) is 11.9. The van der Waals surface area contributed by atoms with Gasteiger partial charge in [-0.1, -0.05) is 24.3 Å². The van der Waals surface area contributed by atoms with E-state index in [0.29, 0.717) is 0 Å². The minimum absolute atomic E-state index is 0.184. The molecule has 1 heterocycles. The van der Waals surface area contributed by atoms with Crippen molar-refractivity contribution >= 4 is 5.96 Å². The van der Waals surface area contributed by atoms with Gasteiger partial charge in [-0.2, -0.15) is 5.10 Å². The molecule has 0 saturated carbocycles. The molecule has 6 nitrogen and oxygen atoms in total. The smallest absolute Gasteiger partial charge is 0.191 e. The number of nitrogens with zero attached hydrogens (tertiary/aromatic N) is 4. The van der Waals surface area contributed by atoms with Crippen molar-refractivity contribution in [2.45, 2.75) is 25.9 Å². The third-order valence-corrected chi connectivity index (χ3v) is 4.43. The van der Waals surface area contributed by atoms with Crippen LogP contribution in [0.5, 0.6) is 0 Å². The van der Waals surface area contributed by atoms with E-state index in [4.69, 9.17) is 0 Å². The summed E-state index contributed by atoms with van der Waals surface area (Å²) in [5.74, 6) is 0.798. The number of nitrogens with one attached hydrogen (secondary N) is 2. The van der Waals surface area contributed by atoms with Gasteiger partial charge in [0.15, 0.2) is 5.96 Å². The lowest BCUT2D eigenvalue weighted by Crippen LogP contribution is -2.42. The van der Waals surface area contributed by atoms with Crippen LogP contribution in [0.2, 0.25) is 0 Å². The summed E-state index contributed by atoms with van der Waals surface area (Å²) in [6, 6.07) is 8.83. The van der Waals surface area contributed by atoms with Gasteiger partial charge in [-0.25, -0.2) is 0 Å². The van der Waals surface area contributed by atoms with E-state index < -0.39 is 0 Å². The second kappa shape index (κ2) is 8.67. The fourth-order valence-electron chi connectivity index (χ4n) is 2.95. The largest absolute Gasteiger partial charge is 0.354 e. The second-order valence-electron chi connectivity index (χ2n) is 6.60. The summed E-state index contributed by atoms with van der Waals surface area (Å²) in [5, 5.41) is 11.2. The highest BCUT2D eigenvalue weighted by molar-refractivity contribution is 5.80. The van der Waals surface area contributed by atoms with Crippen molar-refractivity contribution in [2.24, 2.45) is 12.0 Å². The summed E-state index contributed by atoms with van der Waals surface area (Å²) in [7, 11) is 7.89. The van der Waals surface area contributed by atoms with Gasteiger partial charge in [-0.3, -0.25) is 9.67 Å². The number of likely N-dealkylation sites (N-methyl/N-ethyl adjacent to an activating group) is 1. The Labute approximate surface area is 151 Å². The molecule has 0 saturated heterocycles. The summed E-state index contributed by atoms with van der Waals surface area (Å²) >= 11 is 0. The van der Waals surface area contributed by atoms with Gasteiger partial charge in [0.2, 0.25) is 0 Å². The molecule has 2 rings (SSSR count). The quantitative estimate of drug-likeness (QED) is 0.624. The Balaban J connectivity index is 2.00. The molecular weight excluding hydrogens is 312 g/mol. The zero-order valence-electron chi connectivity index (χ0n) is 16.1. The van der Waals surface area contributed by atoms with Crippen LogP contribution in [0, 0.1) is 6.92 Å². The third-order valence-electron chi connectivity index (χ3n) is 4.43. The molecule has 0 spiro atoms. The van der Waals surface area contributed by atoms with Gasteiger partial charge in [-0.15, -0.1) is 0 Å². The van der Waals surface area contributed by atoms with Crippen LogP contribution in [0.25, 0.3) is 0 Å². The molecule has 0 aliphatic heterocycles. The lowest BCUT2D eigenvalue weighted by atomic mass is 10.0. The molecule has 2 aromatic rings. The lowest BCUT2D eigenvalue weighted by molar-refractivity contribution is 0.298. The number of aryl methyl sites for hydroxylation is 2. The summed E-state index contributed by atoms with van der Waals surface area (Å²) in [6.07, 6.45) is 3.97. The summed E-state index contributed by atoms with van der Waals surface area (Å²) in [5.41, 5.74) is 3.74. The Morgan fingerprint density at radius 1 is 1.32 bits per heavy atom. The Morgan fingerprint density at radius 3 is 2.60 bits per heavy atom. The lowest BCUT2D eigenvalue weighted by Gasteiger charge is -2.26. The van der Waals surface area contributed by atoms with Crippen molar-refractivity contribution in [3.8, 4) is 0 Å². The number of hydrogen-bond acceptors (Lipinski definition) is 3. The highest BCUT2D eigenvalue weighted by atomic mass is 15.3. The van der Waals surface area contributed by atoms with Gasteiger partial charge in [0.05, 0.1) is 18.3 Å². The van der Waals surface area contributed by atoms with Crippen LogP contribution in [-0.2, 0) is 7.05 Å². The van der Waals surface area contributed by atoms with E-state index in [1.54, 1.807) is 7.05 Å². The molecule has 136 valence electrons. The maximum atomic E-state index is 4.37. The van der Waals surface area contributed by atoms with Gasteiger partial charge in [0.25, 0.3) is 0 Å². The monoisotopic (exact) mass is 342 g/mol. The first-order valence-corrected chi connectivity index (χ1v) is 8.60. The van der Waals surface area contributed by atoms with Crippen molar-refractivity contribution < 1.29 is 0 Å². The predicted molar refractivity (Wildman–Crippen MR) is 104 cm³/mol. The van der Waals surface area contributed by atoms with Crippen LogP contribution in [0.3, 0.4) is 0 Å². The third kappa shape index (κ3) is 5.06. The number of benzene rings is 1. The van der Waals surface area contributed by atoms with E-state index in [0.717, 1.165) is 12.5 Å². The molecule has 25 heavy (non-hydrogen) atoms. The highest BCUT2D eigenvalue weighted by Crippen LogP contribution is 2.18. The van der Waals surface area contributed by atoms with Gasteiger partial charge in [0, 0.05) is 32.4 Å². The Hall–Kier alpha value is -2.34. The molecule has 0 amide bonds. The number of rotatable bonds is 6. The maximum Gasteiger partial charge on any atom is 0.191 e. The van der Waals surface area contributed by atoms with Crippen molar-refractivity contribution in [3.05, 3.63) is 53.3 Å². The predicted octanol–water partition coefficient (Wildman–Crippen LogP) is 2.26. The minimum atomic E-state index is 0.184. The van der Waals surface area contributed by atoms with Crippen LogP contribution >= 0.6 is 0 Å². The van der Waals surface area contributed by atoms with Crippen molar-refractivity contribution in [3.63, 3.8) is 0 Å². The van der Waals surface area contributed by atoms with Crippen molar-refractivity contribution in [1.29, 1.82) is 0 Å². The molecule has 0 aliphatic rings. The Kier molecular flexibility index (Phi) is 6.58. The van der Waals surface area contributed by atoms with Gasteiger partial charge in [-0.05, 0) is 39.1 Å². The van der Waals surface area contributed by atoms with E-state index in [2.05, 4.69) is 84.0 Å². The number of aliphatic imine (C=N–C) groups is 1. The summed E-state index contributed by atoms with van der Waals surface area (Å²) in [6.45, 7) is 5.03. The molecular formula is C19H30N6. The van der Waals surface area contributed by atoms with Crippen LogP contribution < -0.4 is 10.6 Å². The highest BCUT2D eigenvalue weighted by Gasteiger charge is 2.17. The molecule has 0 fully saturated rings. The number of aromatic nitrogens is 2. The topological polar surface area (TPSA) is 57.5 Å². The normalized spacial score (nSPS) is 14.4. The molecule has 6 heteroatoms. The van der Waals surface area contributed by atoms with Crippen molar-refractivity contribution in [2.75, 3.05) is 27.7 Å². The van der Waals surface area contributed by atoms with Crippen LogP contribution in [-0.4, -0.2) is 48.3 Å². The van der Waals surface area contributed by atoms with Crippen molar-refractivity contribution in [1.82, 2.24) is 25.3 Å². The molecule has 1 aromatic carbocycles.